The molecule has 248 valence electrons. The van der Waals surface area contributed by atoms with Gasteiger partial charge in [0.15, 0.2) is 5.65 Å². The molecule has 8 rings (SSSR count). The largest absolute Gasteiger partial charge is 0.292 e. The Morgan fingerprint density at radius 1 is 0.480 bits per heavy atom. The highest BCUT2D eigenvalue weighted by molar-refractivity contribution is 5.83. The molecular formula is C45H43N5. The first-order chi connectivity index (χ1) is 24.6. The molecule has 0 aliphatic heterocycles. The first-order valence-corrected chi connectivity index (χ1v) is 17.7. The molecule has 3 aromatic heterocycles. The van der Waals surface area contributed by atoms with Gasteiger partial charge in [0, 0.05) is 28.7 Å². The van der Waals surface area contributed by atoms with Crippen molar-refractivity contribution in [2.24, 2.45) is 0 Å². The molecule has 5 heteroatoms. The standard InChI is InChI=1S/C23H22N2.C22H21N3/c1-3-17(2)18-13-15-19(16-14-18)23-24-21-11-7-8-12-22(21)25(23)20-9-5-4-6-10-20;1-3-16(2)17-11-13-18(14-12-17)21-24-20-10-7-15-23-22(20)25(21)19-8-5-4-6-9-19/h4-17H,3H2,1-2H3;4-16H,3H2,1-2H3. The second kappa shape index (κ2) is 14.8. The lowest BCUT2D eigenvalue weighted by atomic mass is 9.97. The molecule has 0 amide bonds. The quantitative estimate of drug-likeness (QED) is 0.164. The Hall–Kier alpha value is -5.81. The molecule has 5 nitrogen and oxygen atoms in total. The van der Waals surface area contributed by atoms with Gasteiger partial charge in [-0.15, -0.1) is 0 Å². The molecule has 0 N–H and O–H groups in total. The number of fused-ring (bicyclic) bond motifs is 2. The number of nitrogens with zero attached hydrogens (tertiary/aromatic N) is 5. The number of benzene rings is 5. The van der Waals surface area contributed by atoms with Crippen molar-refractivity contribution in [2.75, 3.05) is 0 Å². The summed E-state index contributed by atoms with van der Waals surface area (Å²) in [7, 11) is 0. The van der Waals surface area contributed by atoms with Crippen molar-refractivity contribution in [2.45, 2.75) is 52.4 Å². The van der Waals surface area contributed by atoms with Crippen molar-refractivity contribution >= 4 is 22.2 Å². The number of aromatic nitrogens is 5. The summed E-state index contributed by atoms with van der Waals surface area (Å²) in [6, 6.07) is 50.6. The smallest absolute Gasteiger partial charge is 0.164 e. The highest BCUT2D eigenvalue weighted by atomic mass is 15.1. The summed E-state index contributed by atoms with van der Waals surface area (Å²) < 4.78 is 4.38. The van der Waals surface area contributed by atoms with Crippen LogP contribution in [0.15, 0.2) is 152 Å². The van der Waals surface area contributed by atoms with Crippen molar-refractivity contribution in [3.05, 3.63) is 163 Å². The fourth-order valence-corrected chi connectivity index (χ4v) is 6.38. The van der Waals surface area contributed by atoms with Crippen LogP contribution in [0.2, 0.25) is 0 Å². The normalized spacial score (nSPS) is 12.4. The van der Waals surface area contributed by atoms with Crippen LogP contribution < -0.4 is 0 Å². The summed E-state index contributed by atoms with van der Waals surface area (Å²) in [6.07, 6.45) is 4.12. The maximum atomic E-state index is 4.92. The van der Waals surface area contributed by atoms with Crippen molar-refractivity contribution < 1.29 is 0 Å². The third kappa shape index (κ3) is 6.59. The fourth-order valence-electron chi connectivity index (χ4n) is 6.38. The lowest BCUT2D eigenvalue weighted by Crippen LogP contribution is -1.99. The number of hydrogen-bond donors (Lipinski definition) is 0. The summed E-state index contributed by atoms with van der Waals surface area (Å²) in [4.78, 5) is 14.3. The highest BCUT2D eigenvalue weighted by Gasteiger charge is 2.16. The minimum atomic E-state index is 0.573. The summed E-state index contributed by atoms with van der Waals surface area (Å²) in [6.45, 7) is 8.98. The maximum Gasteiger partial charge on any atom is 0.164 e. The number of pyridine rings is 1. The number of imidazole rings is 2. The second-order valence-corrected chi connectivity index (χ2v) is 12.9. The van der Waals surface area contributed by atoms with Crippen LogP contribution in [0.1, 0.15) is 63.5 Å². The molecule has 0 bridgehead atoms. The number of rotatable bonds is 8. The Kier molecular flexibility index (Phi) is 9.65. The molecular weight excluding hydrogens is 611 g/mol. The minimum Gasteiger partial charge on any atom is -0.292 e. The van der Waals surface area contributed by atoms with Gasteiger partial charge >= 0.3 is 0 Å². The Morgan fingerprint density at radius 2 is 0.940 bits per heavy atom. The summed E-state index contributed by atoms with van der Waals surface area (Å²) in [5.41, 5.74) is 11.2. The monoisotopic (exact) mass is 653 g/mol. The van der Waals surface area contributed by atoms with E-state index in [1.807, 2.05) is 48.7 Å². The van der Waals surface area contributed by atoms with Gasteiger partial charge < -0.3 is 0 Å². The van der Waals surface area contributed by atoms with Gasteiger partial charge in [0.1, 0.15) is 17.2 Å². The molecule has 0 saturated heterocycles. The van der Waals surface area contributed by atoms with E-state index in [9.17, 15) is 0 Å². The molecule has 5 aromatic carbocycles. The Labute approximate surface area is 295 Å². The van der Waals surface area contributed by atoms with Gasteiger partial charge in [-0.2, -0.15) is 0 Å². The lowest BCUT2D eigenvalue weighted by Gasteiger charge is -2.12. The van der Waals surface area contributed by atoms with Gasteiger partial charge in [0.2, 0.25) is 0 Å². The SMILES string of the molecule is CCC(C)c1ccc(-c2nc3ccccc3n2-c2ccccc2)cc1.CCC(C)c1ccc(-c2nc3cccnc3n2-c2ccccc2)cc1. The van der Waals surface area contributed by atoms with Gasteiger partial charge in [-0.25, -0.2) is 15.0 Å². The highest BCUT2D eigenvalue weighted by Crippen LogP contribution is 2.31. The molecule has 0 aliphatic carbocycles. The zero-order chi connectivity index (χ0) is 34.5. The summed E-state index contributed by atoms with van der Waals surface area (Å²) >= 11 is 0. The van der Waals surface area contributed by atoms with E-state index < -0.39 is 0 Å². The van der Waals surface area contributed by atoms with Crippen LogP contribution in [0.5, 0.6) is 0 Å². The molecule has 0 spiro atoms. The van der Waals surface area contributed by atoms with Crippen molar-refractivity contribution in [3.8, 4) is 34.2 Å². The molecule has 50 heavy (non-hydrogen) atoms. The Bertz CT molecular complexity index is 2130. The predicted octanol–water partition coefficient (Wildman–Crippen LogP) is 11.8. The molecule has 0 aliphatic rings. The summed E-state index contributed by atoms with van der Waals surface area (Å²) in [5, 5.41) is 0. The minimum absolute atomic E-state index is 0.573. The maximum absolute atomic E-state index is 4.92. The zero-order valence-electron chi connectivity index (χ0n) is 29.2. The average Bonchev–Trinajstić information content (AvgIpc) is 3.78. The van der Waals surface area contributed by atoms with Crippen LogP contribution >= 0.6 is 0 Å². The van der Waals surface area contributed by atoms with E-state index in [-0.39, 0.29) is 0 Å². The fraction of sp³-hybridized carbons (Fsp3) is 0.178. The van der Waals surface area contributed by atoms with E-state index in [4.69, 9.17) is 9.97 Å². The second-order valence-electron chi connectivity index (χ2n) is 12.9. The first-order valence-electron chi connectivity index (χ1n) is 17.7. The Balaban J connectivity index is 0.000000157. The average molecular weight is 654 g/mol. The van der Waals surface area contributed by atoms with Crippen LogP contribution in [-0.2, 0) is 0 Å². The van der Waals surface area contributed by atoms with Gasteiger partial charge in [0.25, 0.3) is 0 Å². The van der Waals surface area contributed by atoms with Crippen LogP contribution in [0.4, 0.5) is 0 Å². The molecule has 2 atom stereocenters. The topological polar surface area (TPSA) is 48.5 Å². The third-order valence-corrected chi connectivity index (χ3v) is 9.71. The first kappa shape index (κ1) is 32.7. The van der Waals surface area contributed by atoms with E-state index >= 15 is 0 Å². The van der Waals surface area contributed by atoms with Crippen LogP contribution in [0, 0.1) is 0 Å². The van der Waals surface area contributed by atoms with Crippen LogP contribution in [0.3, 0.4) is 0 Å². The number of hydrogen-bond acceptors (Lipinski definition) is 3. The van der Waals surface area contributed by atoms with Gasteiger partial charge in [-0.1, -0.05) is 125 Å². The Morgan fingerprint density at radius 3 is 1.50 bits per heavy atom. The summed E-state index contributed by atoms with van der Waals surface area (Å²) in [5.74, 6) is 3.07. The van der Waals surface area contributed by atoms with Gasteiger partial charge in [0.05, 0.1) is 11.0 Å². The molecule has 3 heterocycles. The predicted molar refractivity (Wildman–Crippen MR) is 208 cm³/mol. The molecule has 8 aromatic rings. The molecule has 0 saturated carbocycles. The lowest BCUT2D eigenvalue weighted by molar-refractivity contribution is 0.734. The van der Waals surface area contributed by atoms with Gasteiger partial charge in [-0.05, 0) is 84.3 Å². The van der Waals surface area contributed by atoms with Crippen molar-refractivity contribution in [1.29, 1.82) is 0 Å². The van der Waals surface area contributed by atoms with E-state index in [0.29, 0.717) is 11.8 Å². The van der Waals surface area contributed by atoms with E-state index in [1.165, 1.54) is 11.1 Å². The zero-order valence-corrected chi connectivity index (χ0v) is 29.2. The third-order valence-electron chi connectivity index (χ3n) is 9.71. The number of para-hydroxylation sites is 4. The van der Waals surface area contributed by atoms with Crippen LogP contribution in [0.25, 0.3) is 56.3 Å². The van der Waals surface area contributed by atoms with E-state index in [1.54, 1.807) is 0 Å². The van der Waals surface area contributed by atoms with Crippen LogP contribution in [-0.4, -0.2) is 24.1 Å². The van der Waals surface area contributed by atoms with E-state index in [0.717, 1.165) is 69.2 Å². The van der Waals surface area contributed by atoms with Crippen molar-refractivity contribution in [1.82, 2.24) is 24.1 Å². The van der Waals surface area contributed by atoms with Crippen molar-refractivity contribution in [3.63, 3.8) is 0 Å². The molecule has 2 unspecified atom stereocenters. The molecule has 0 radical (unpaired) electrons. The van der Waals surface area contributed by atoms with Gasteiger partial charge in [-0.3, -0.25) is 9.13 Å². The van der Waals surface area contributed by atoms with E-state index in [2.05, 4.69) is 145 Å². The molecule has 0 fully saturated rings.